The van der Waals surface area contributed by atoms with Gasteiger partial charge >= 0.3 is 0 Å². The number of rotatable bonds is 7. The lowest BCUT2D eigenvalue weighted by atomic mass is 9.96. The third-order valence-corrected chi connectivity index (χ3v) is 8.44. The van der Waals surface area contributed by atoms with Gasteiger partial charge in [-0.05, 0) is 46.7 Å². The largest absolute Gasteiger partial charge is 0.378 e. The molecule has 3 aromatic rings. The molecule has 7 heteroatoms. The molecule has 0 radical (unpaired) electrons. The Bertz CT molecular complexity index is 1080. The van der Waals surface area contributed by atoms with Crippen LogP contribution < -0.4 is 9.62 Å². The van der Waals surface area contributed by atoms with E-state index >= 15 is 0 Å². The Morgan fingerprint density at radius 2 is 1.77 bits per heavy atom. The van der Waals surface area contributed by atoms with E-state index in [9.17, 15) is 8.42 Å². The average molecular weight is 442 g/mol. The number of hydrogen-bond donors (Lipinski definition) is 1. The van der Waals surface area contributed by atoms with Gasteiger partial charge in [0.1, 0.15) is 4.21 Å². The first kappa shape index (κ1) is 21.1. The Morgan fingerprint density at radius 3 is 2.43 bits per heavy atom. The van der Waals surface area contributed by atoms with Crippen molar-refractivity contribution in [1.82, 2.24) is 9.62 Å². The Kier molecular flexibility index (Phi) is 6.24. The Labute approximate surface area is 183 Å². The van der Waals surface area contributed by atoms with Gasteiger partial charge < -0.3 is 4.90 Å². The molecule has 1 atom stereocenters. The summed E-state index contributed by atoms with van der Waals surface area (Å²) in [4.78, 5) is 4.44. The van der Waals surface area contributed by atoms with Crippen molar-refractivity contribution in [2.24, 2.45) is 0 Å². The van der Waals surface area contributed by atoms with Crippen molar-refractivity contribution >= 4 is 27.0 Å². The van der Waals surface area contributed by atoms with Crippen molar-refractivity contribution in [1.29, 1.82) is 0 Å². The predicted molar refractivity (Wildman–Crippen MR) is 124 cm³/mol. The van der Waals surface area contributed by atoms with Crippen LogP contribution in [0.1, 0.15) is 22.7 Å². The van der Waals surface area contributed by atoms with Crippen LogP contribution in [0.25, 0.3) is 0 Å². The van der Waals surface area contributed by atoms with Crippen LogP contribution in [0.2, 0.25) is 0 Å². The number of sulfonamides is 1. The van der Waals surface area contributed by atoms with E-state index < -0.39 is 10.0 Å². The van der Waals surface area contributed by atoms with Crippen molar-refractivity contribution in [3.63, 3.8) is 0 Å². The highest BCUT2D eigenvalue weighted by Crippen LogP contribution is 2.29. The number of anilines is 1. The molecule has 2 aromatic carbocycles. The van der Waals surface area contributed by atoms with E-state index in [-0.39, 0.29) is 6.04 Å². The predicted octanol–water partition coefficient (Wildman–Crippen LogP) is 3.89. The van der Waals surface area contributed by atoms with Gasteiger partial charge in [-0.2, -0.15) is 0 Å². The minimum atomic E-state index is -3.51. The van der Waals surface area contributed by atoms with Crippen LogP contribution in [0.15, 0.2) is 70.3 Å². The maximum Gasteiger partial charge on any atom is 0.250 e. The molecular weight excluding hydrogens is 414 g/mol. The lowest BCUT2D eigenvalue weighted by Gasteiger charge is -2.36. The standard InChI is InChI=1S/C23H27N3O2S2/c1-25(2)21-11-9-19(10-12-21)22(16-24-30(27,28)23-8-5-15-29-23)26-14-13-18-6-3-4-7-20(18)17-26/h3-12,15,22,24H,13-14,16-17H2,1-2H3/t22-/m1/s1. The second-order valence-electron chi connectivity index (χ2n) is 7.77. The molecule has 1 N–H and O–H groups in total. The summed E-state index contributed by atoms with van der Waals surface area (Å²) in [6.07, 6.45) is 0.972. The van der Waals surface area contributed by atoms with Gasteiger partial charge in [0, 0.05) is 45.5 Å². The molecule has 1 aromatic heterocycles. The van der Waals surface area contributed by atoms with E-state index in [1.807, 2.05) is 14.1 Å². The van der Waals surface area contributed by atoms with Crippen molar-refractivity contribution in [3.05, 3.63) is 82.7 Å². The number of thiophene rings is 1. The van der Waals surface area contributed by atoms with Gasteiger partial charge in [-0.1, -0.05) is 42.5 Å². The first-order valence-electron chi connectivity index (χ1n) is 10.1. The van der Waals surface area contributed by atoms with Gasteiger partial charge in [-0.3, -0.25) is 4.90 Å². The quantitative estimate of drug-likeness (QED) is 0.604. The fourth-order valence-corrected chi connectivity index (χ4v) is 5.99. The zero-order valence-corrected chi connectivity index (χ0v) is 18.9. The summed E-state index contributed by atoms with van der Waals surface area (Å²) in [6.45, 7) is 2.05. The fourth-order valence-electron chi connectivity index (χ4n) is 3.91. The molecule has 1 aliphatic rings. The molecule has 4 rings (SSSR count). The van der Waals surface area contributed by atoms with Gasteiger partial charge in [-0.25, -0.2) is 13.1 Å². The summed E-state index contributed by atoms with van der Waals surface area (Å²) in [5.74, 6) is 0. The maximum absolute atomic E-state index is 12.7. The lowest BCUT2D eigenvalue weighted by molar-refractivity contribution is 0.180. The SMILES string of the molecule is CN(C)c1ccc([C@@H](CNS(=O)(=O)c2cccs2)N2CCc3ccccc3C2)cc1. The van der Waals surface area contributed by atoms with Crippen LogP contribution in [0, 0.1) is 0 Å². The molecule has 0 spiro atoms. The Hall–Kier alpha value is -2.19. The minimum Gasteiger partial charge on any atom is -0.378 e. The number of nitrogens with zero attached hydrogens (tertiary/aromatic N) is 2. The van der Waals surface area contributed by atoms with Crippen molar-refractivity contribution in [3.8, 4) is 0 Å². The summed E-state index contributed by atoms with van der Waals surface area (Å²) >= 11 is 1.24. The van der Waals surface area contributed by atoms with Gasteiger partial charge in [-0.15, -0.1) is 11.3 Å². The molecule has 0 fully saturated rings. The molecule has 0 amide bonds. The fraction of sp³-hybridized carbons (Fsp3) is 0.304. The summed E-state index contributed by atoms with van der Waals surface area (Å²) in [7, 11) is 0.527. The lowest BCUT2D eigenvalue weighted by Crippen LogP contribution is -2.40. The van der Waals surface area contributed by atoms with Crippen LogP contribution in [0.5, 0.6) is 0 Å². The third kappa shape index (κ3) is 4.59. The molecule has 0 aliphatic carbocycles. The smallest absolute Gasteiger partial charge is 0.250 e. The van der Waals surface area contributed by atoms with Crippen molar-refractivity contribution in [2.75, 3.05) is 32.1 Å². The molecule has 0 saturated carbocycles. The topological polar surface area (TPSA) is 52.7 Å². The summed E-state index contributed by atoms with van der Waals surface area (Å²) in [5, 5.41) is 1.79. The van der Waals surface area contributed by atoms with E-state index in [1.54, 1.807) is 17.5 Å². The van der Waals surface area contributed by atoms with Crippen LogP contribution in [-0.4, -0.2) is 40.5 Å². The average Bonchev–Trinajstić information content (AvgIpc) is 3.30. The van der Waals surface area contributed by atoms with Crippen LogP contribution in [0.3, 0.4) is 0 Å². The molecule has 30 heavy (non-hydrogen) atoms. The molecule has 158 valence electrons. The molecule has 1 aliphatic heterocycles. The van der Waals surface area contributed by atoms with Crippen LogP contribution in [-0.2, 0) is 23.0 Å². The second-order valence-corrected chi connectivity index (χ2v) is 10.7. The van der Waals surface area contributed by atoms with Gasteiger partial charge in [0.05, 0.1) is 0 Å². The van der Waals surface area contributed by atoms with E-state index in [0.717, 1.165) is 30.8 Å². The van der Waals surface area contributed by atoms with Gasteiger partial charge in [0.25, 0.3) is 0 Å². The van der Waals surface area contributed by atoms with Crippen LogP contribution in [0.4, 0.5) is 5.69 Å². The van der Waals surface area contributed by atoms with E-state index in [2.05, 4.69) is 63.1 Å². The monoisotopic (exact) mass is 441 g/mol. The molecule has 5 nitrogen and oxygen atoms in total. The number of fused-ring (bicyclic) bond motifs is 1. The highest BCUT2D eigenvalue weighted by Gasteiger charge is 2.27. The molecular formula is C23H27N3O2S2. The number of nitrogens with one attached hydrogen (secondary N) is 1. The summed E-state index contributed by atoms with van der Waals surface area (Å²) in [6, 6.07) is 20.3. The maximum atomic E-state index is 12.7. The Balaban J connectivity index is 1.60. The molecule has 0 saturated heterocycles. The summed E-state index contributed by atoms with van der Waals surface area (Å²) < 4.78 is 28.7. The first-order valence-corrected chi connectivity index (χ1v) is 12.4. The van der Waals surface area contributed by atoms with Crippen LogP contribution >= 0.6 is 11.3 Å². The van der Waals surface area contributed by atoms with E-state index in [4.69, 9.17) is 0 Å². The van der Waals surface area contributed by atoms with Gasteiger partial charge in [0.15, 0.2) is 0 Å². The van der Waals surface area contributed by atoms with E-state index in [0.29, 0.717) is 10.8 Å². The highest BCUT2D eigenvalue weighted by atomic mass is 32.2. The molecule has 2 heterocycles. The number of benzene rings is 2. The second kappa shape index (κ2) is 8.89. The number of hydrogen-bond acceptors (Lipinski definition) is 5. The zero-order chi connectivity index (χ0) is 21.1. The third-order valence-electron chi connectivity index (χ3n) is 5.62. The first-order chi connectivity index (χ1) is 14.4. The molecule has 0 unspecified atom stereocenters. The minimum absolute atomic E-state index is 0.0377. The van der Waals surface area contributed by atoms with Crippen molar-refractivity contribution < 1.29 is 8.42 Å². The highest BCUT2D eigenvalue weighted by molar-refractivity contribution is 7.91. The summed E-state index contributed by atoms with van der Waals surface area (Å²) in [5.41, 5.74) is 4.95. The van der Waals surface area contributed by atoms with E-state index in [1.165, 1.54) is 22.5 Å². The Morgan fingerprint density at radius 1 is 1.03 bits per heavy atom. The van der Waals surface area contributed by atoms with Crippen molar-refractivity contribution in [2.45, 2.75) is 23.2 Å². The van der Waals surface area contributed by atoms with Gasteiger partial charge in [0.2, 0.25) is 10.0 Å². The zero-order valence-electron chi connectivity index (χ0n) is 17.3. The molecule has 0 bridgehead atoms. The normalized spacial score (nSPS) is 15.5.